The monoisotopic (exact) mass is 238 g/mol. The van der Waals surface area contributed by atoms with Gasteiger partial charge in [-0.2, -0.15) is 0 Å². The van der Waals surface area contributed by atoms with Crippen molar-refractivity contribution < 1.29 is 4.39 Å². The van der Waals surface area contributed by atoms with Gasteiger partial charge in [0.05, 0.1) is 5.83 Å². The predicted octanol–water partition coefficient (Wildman–Crippen LogP) is 5.80. The second kappa shape index (κ2) is 5.84. The molecule has 0 bridgehead atoms. The number of hydrogen-bond acceptors (Lipinski definition) is 0. The van der Waals surface area contributed by atoms with Crippen LogP contribution in [-0.2, 0) is 0 Å². The van der Waals surface area contributed by atoms with E-state index in [4.69, 9.17) is 0 Å². The Hall–Kier alpha value is -0.590. The Morgan fingerprint density at radius 3 is 2.24 bits per heavy atom. The van der Waals surface area contributed by atoms with Crippen molar-refractivity contribution in [2.45, 2.75) is 66.2 Å². The first-order valence-electron chi connectivity index (χ1n) is 6.87. The summed E-state index contributed by atoms with van der Waals surface area (Å²) in [6.45, 7) is 12.9. The molecule has 0 aromatic rings. The SMILES string of the molecule is C=C(CC(C)(C)C)C1CCC(=C(F)CC)CC1. The fourth-order valence-electron chi connectivity index (χ4n) is 2.72. The quantitative estimate of drug-likeness (QED) is 0.545. The molecule has 0 unspecified atom stereocenters. The lowest BCUT2D eigenvalue weighted by Crippen LogP contribution is -2.15. The van der Waals surface area contributed by atoms with E-state index in [1.54, 1.807) is 0 Å². The standard InChI is InChI=1S/C16H27F/c1-6-15(17)14-9-7-13(8-10-14)12(2)11-16(3,4)5/h13H,2,6-11H2,1,3-5H3. The van der Waals surface area contributed by atoms with Crippen LogP contribution in [0.25, 0.3) is 0 Å². The lowest BCUT2D eigenvalue weighted by Gasteiger charge is -2.29. The first-order chi connectivity index (χ1) is 7.83. The van der Waals surface area contributed by atoms with Gasteiger partial charge in [0.2, 0.25) is 0 Å². The number of halogens is 1. The molecule has 0 aromatic carbocycles. The normalized spacial score (nSPS) is 21.5. The van der Waals surface area contributed by atoms with Gasteiger partial charge in [-0.1, -0.05) is 39.8 Å². The van der Waals surface area contributed by atoms with Crippen LogP contribution in [0, 0.1) is 11.3 Å². The van der Waals surface area contributed by atoms with E-state index >= 15 is 0 Å². The number of allylic oxidation sites excluding steroid dienone is 3. The van der Waals surface area contributed by atoms with E-state index in [0.29, 0.717) is 17.8 Å². The fourth-order valence-corrected chi connectivity index (χ4v) is 2.72. The van der Waals surface area contributed by atoms with Crippen LogP contribution in [0.1, 0.15) is 66.2 Å². The molecular formula is C16H27F. The summed E-state index contributed by atoms with van der Waals surface area (Å²) in [6, 6.07) is 0. The Balaban J connectivity index is 2.50. The van der Waals surface area contributed by atoms with Gasteiger partial charge in [-0.15, -0.1) is 0 Å². The van der Waals surface area contributed by atoms with Gasteiger partial charge < -0.3 is 0 Å². The van der Waals surface area contributed by atoms with Crippen molar-refractivity contribution in [3.8, 4) is 0 Å². The highest BCUT2D eigenvalue weighted by Crippen LogP contribution is 2.38. The zero-order chi connectivity index (χ0) is 13.1. The summed E-state index contributed by atoms with van der Waals surface area (Å²) in [5.74, 6) is 0.743. The average molecular weight is 238 g/mol. The van der Waals surface area contributed by atoms with Crippen LogP contribution in [0.4, 0.5) is 4.39 Å². The molecule has 0 aromatic heterocycles. The van der Waals surface area contributed by atoms with Gasteiger partial charge in [0.1, 0.15) is 0 Å². The Bertz CT molecular complexity index is 294. The topological polar surface area (TPSA) is 0 Å². The van der Waals surface area contributed by atoms with Crippen molar-refractivity contribution in [2.75, 3.05) is 0 Å². The molecule has 17 heavy (non-hydrogen) atoms. The third-order valence-corrected chi connectivity index (χ3v) is 3.62. The number of rotatable bonds is 3. The van der Waals surface area contributed by atoms with Crippen molar-refractivity contribution in [2.24, 2.45) is 11.3 Å². The Morgan fingerprint density at radius 1 is 1.29 bits per heavy atom. The molecule has 0 amide bonds. The third-order valence-electron chi connectivity index (χ3n) is 3.62. The van der Waals surface area contributed by atoms with E-state index in [0.717, 1.165) is 37.7 Å². The smallest absolute Gasteiger partial charge is 0.0988 e. The van der Waals surface area contributed by atoms with Crippen molar-refractivity contribution in [1.82, 2.24) is 0 Å². The second-order valence-electron chi connectivity index (χ2n) is 6.53. The molecule has 1 rings (SSSR count). The van der Waals surface area contributed by atoms with Crippen LogP contribution >= 0.6 is 0 Å². The fraction of sp³-hybridized carbons (Fsp3) is 0.750. The summed E-state index contributed by atoms with van der Waals surface area (Å²) in [5, 5.41) is 0. The molecule has 0 aliphatic heterocycles. The van der Waals surface area contributed by atoms with Gasteiger partial charge in [0.15, 0.2) is 0 Å². The van der Waals surface area contributed by atoms with E-state index in [-0.39, 0.29) is 5.83 Å². The van der Waals surface area contributed by atoms with Crippen LogP contribution in [0.15, 0.2) is 23.6 Å². The Morgan fingerprint density at radius 2 is 1.82 bits per heavy atom. The van der Waals surface area contributed by atoms with Crippen molar-refractivity contribution >= 4 is 0 Å². The minimum absolute atomic E-state index is 0.130. The van der Waals surface area contributed by atoms with E-state index in [2.05, 4.69) is 27.4 Å². The summed E-state index contributed by atoms with van der Waals surface area (Å²) in [4.78, 5) is 0. The molecule has 0 nitrogen and oxygen atoms in total. The first-order valence-corrected chi connectivity index (χ1v) is 6.87. The maximum Gasteiger partial charge on any atom is 0.0988 e. The van der Waals surface area contributed by atoms with E-state index < -0.39 is 0 Å². The molecule has 0 N–H and O–H groups in total. The number of hydrogen-bond donors (Lipinski definition) is 0. The zero-order valence-corrected chi connectivity index (χ0v) is 11.9. The van der Waals surface area contributed by atoms with E-state index in [9.17, 15) is 4.39 Å². The molecule has 1 aliphatic carbocycles. The highest BCUT2D eigenvalue weighted by molar-refractivity contribution is 5.14. The van der Waals surface area contributed by atoms with Crippen molar-refractivity contribution in [3.05, 3.63) is 23.6 Å². The highest BCUT2D eigenvalue weighted by Gasteiger charge is 2.23. The van der Waals surface area contributed by atoms with Crippen LogP contribution in [0.3, 0.4) is 0 Å². The molecule has 0 heterocycles. The van der Waals surface area contributed by atoms with Gasteiger partial charge in [-0.3, -0.25) is 0 Å². The van der Waals surface area contributed by atoms with E-state index in [1.807, 2.05) is 6.92 Å². The average Bonchev–Trinajstić information content (AvgIpc) is 2.26. The summed E-state index contributed by atoms with van der Waals surface area (Å²) in [7, 11) is 0. The molecule has 0 radical (unpaired) electrons. The van der Waals surface area contributed by atoms with Gasteiger partial charge in [0.25, 0.3) is 0 Å². The van der Waals surface area contributed by atoms with Crippen LogP contribution in [0.2, 0.25) is 0 Å². The molecule has 1 heteroatoms. The van der Waals surface area contributed by atoms with Gasteiger partial charge in [-0.25, -0.2) is 4.39 Å². The van der Waals surface area contributed by atoms with Crippen molar-refractivity contribution in [3.63, 3.8) is 0 Å². The van der Waals surface area contributed by atoms with Crippen LogP contribution in [0.5, 0.6) is 0 Å². The Kier molecular flexibility index (Phi) is 4.97. The summed E-state index contributed by atoms with van der Waals surface area (Å²) >= 11 is 0. The predicted molar refractivity (Wildman–Crippen MR) is 73.6 cm³/mol. The molecular weight excluding hydrogens is 211 g/mol. The molecule has 1 aliphatic rings. The second-order valence-corrected chi connectivity index (χ2v) is 6.53. The summed E-state index contributed by atoms with van der Waals surface area (Å²) in [5.41, 5.74) is 2.75. The maximum absolute atomic E-state index is 13.5. The minimum Gasteiger partial charge on any atom is -0.212 e. The van der Waals surface area contributed by atoms with Gasteiger partial charge in [0, 0.05) is 0 Å². The minimum atomic E-state index is 0.130. The highest BCUT2D eigenvalue weighted by atomic mass is 19.1. The zero-order valence-electron chi connectivity index (χ0n) is 11.9. The molecule has 0 atom stereocenters. The first kappa shape index (κ1) is 14.5. The van der Waals surface area contributed by atoms with E-state index in [1.165, 1.54) is 5.57 Å². The third kappa shape index (κ3) is 4.65. The molecule has 0 saturated heterocycles. The molecule has 0 spiro atoms. The summed E-state index contributed by atoms with van der Waals surface area (Å²) in [6.07, 6.45) is 5.71. The maximum atomic E-state index is 13.5. The largest absolute Gasteiger partial charge is 0.212 e. The van der Waals surface area contributed by atoms with Gasteiger partial charge >= 0.3 is 0 Å². The molecule has 1 saturated carbocycles. The van der Waals surface area contributed by atoms with Crippen LogP contribution < -0.4 is 0 Å². The molecule has 98 valence electrons. The van der Waals surface area contributed by atoms with Crippen molar-refractivity contribution in [1.29, 1.82) is 0 Å². The lowest BCUT2D eigenvalue weighted by molar-refractivity contribution is 0.362. The molecule has 1 fully saturated rings. The van der Waals surface area contributed by atoms with Crippen LogP contribution in [-0.4, -0.2) is 0 Å². The lowest BCUT2D eigenvalue weighted by atomic mass is 9.76. The summed E-state index contributed by atoms with van der Waals surface area (Å²) < 4.78 is 13.5. The van der Waals surface area contributed by atoms with Gasteiger partial charge in [-0.05, 0) is 55.4 Å². The Labute approximate surface area is 106 Å².